The van der Waals surface area contributed by atoms with Crippen molar-refractivity contribution in [1.82, 2.24) is 4.90 Å². The summed E-state index contributed by atoms with van der Waals surface area (Å²) in [7, 11) is 1.98. The lowest BCUT2D eigenvalue weighted by molar-refractivity contribution is -0.123. The lowest BCUT2D eigenvalue weighted by Gasteiger charge is -2.32. The summed E-state index contributed by atoms with van der Waals surface area (Å²) >= 11 is 0. The summed E-state index contributed by atoms with van der Waals surface area (Å²) in [6.45, 7) is 1.52. The molecular formula is C29H31N3O2. The van der Waals surface area contributed by atoms with Gasteiger partial charge >= 0.3 is 0 Å². The molecule has 0 N–H and O–H groups in total. The molecule has 2 atom stereocenters. The van der Waals surface area contributed by atoms with Crippen LogP contribution >= 0.6 is 0 Å². The average Bonchev–Trinajstić information content (AvgIpc) is 3.30. The molecule has 3 aromatic carbocycles. The van der Waals surface area contributed by atoms with Crippen LogP contribution in [0.3, 0.4) is 0 Å². The first-order chi connectivity index (χ1) is 16.6. The van der Waals surface area contributed by atoms with Crippen molar-refractivity contribution in [3.8, 4) is 0 Å². The van der Waals surface area contributed by atoms with Gasteiger partial charge in [0.1, 0.15) is 0 Å². The van der Waals surface area contributed by atoms with Gasteiger partial charge < -0.3 is 9.80 Å². The number of anilines is 2. The Morgan fingerprint density at radius 3 is 2.18 bits per heavy atom. The van der Waals surface area contributed by atoms with Crippen LogP contribution in [0.5, 0.6) is 0 Å². The minimum atomic E-state index is -0.167. The maximum atomic E-state index is 13.8. The van der Waals surface area contributed by atoms with Crippen LogP contribution in [0.25, 0.3) is 0 Å². The molecular weight excluding hydrogens is 422 g/mol. The van der Waals surface area contributed by atoms with Gasteiger partial charge in [0.2, 0.25) is 11.8 Å². The molecule has 0 aromatic heterocycles. The van der Waals surface area contributed by atoms with Gasteiger partial charge in [0.15, 0.2) is 0 Å². The Hall–Kier alpha value is -3.44. The molecule has 1 aliphatic heterocycles. The molecule has 0 radical (unpaired) electrons. The van der Waals surface area contributed by atoms with Crippen molar-refractivity contribution in [2.75, 3.05) is 23.4 Å². The van der Waals surface area contributed by atoms with Gasteiger partial charge in [-0.2, -0.15) is 0 Å². The molecule has 0 unspecified atom stereocenters. The molecule has 2 aliphatic rings. The molecule has 1 heterocycles. The molecule has 5 nitrogen and oxygen atoms in total. The van der Waals surface area contributed by atoms with E-state index in [1.165, 1.54) is 5.56 Å². The van der Waals surface area contributed by atoms with Gasteiger partial charge in [-0.15, -0.1) is 0 Å². The Morgan fingerprint density at radius 1 is 0.853 bits per heavy atom. The molecule has 1 saturated carbocycles. The van der Waals surface area contributed by atoms with E-state index in [2.05, 4.69) is 17.0 Å². The fourth-order valence-corrected chi connectivity index (χ4v) is 5.44. The summed E-state index contributed by atoms with van der Waals surface area (Å²) in [5.74, 6) is 0.0170. The van der Waals surface area contributed by atoms with Gasteiger partial charge in [-0.3, -0.25) is 14.5 Å². The first kappa shape index (κ1) is 22.4. The van der Waals surface area contributed by atoms with E-state index in [0.717, 1.165) is 36.2 Å². The minimum absolute atomic E-state index is 0.0529. The molecule has 0 bridgehead atoms. The number of carbonyl (C=O) groups excluding carboxylic acids is 2. The Bertz CT molecular complexity index is 1150. The largest absolute Gasteiger partial charge is 0.306 e. The third-order valence-electron chi connectivity index (χ3n) is 6.98. The third kappa shape index (κ3) is 4.48. The monoisotopic (exact) mass is 453 g/mol. The average molecular weight is 454 g/mol. The number of benzene rings is 3. The lowest BCUT2D eigenvalue weighted by atomic mass is 10.0. The number of fused-ring (bicyclic) bond motifs is 2. The number of para-hydroxylation sites is 2. The van der Waals surface area contributed by atoms with Gasteiger partial charge in [-0.25, -0.2) is 0 Å². The molecule has 5 heteroatoms. The number of likely N-dealkylation sites (N-methyl/N-ethyl adjacent to an activating group) is 1. The summed E-state index contributed by atoms with van der Waals surface area (Å²) in [4.78, 5) is 33.5. The Morgan fingerprint density at radius 2 is 1.47 bits per heavy atom. The zero-order valence-electron chi connectivity index (χ0n) is 19.6. The topological polar surface area (TPSA) is 43.9 Å². The van der Waals surface area contributed by atoms with Crippen LogP contribution in [-0.2, 0) is 22.7 Å². The number of hydrogen-bond donors (Lipinski definition) is 0. The lowest BCUT2D eigenvalue weighted by Crippen LogP contribution is -2.48. The molecule has 34 heavy (non-hydrogen) atoms. The highest BCUT2D eigenvalue weighted by Gasteiger charge is 2.45. The van der Waals surface area contributed by atoms with Gasteiger partial charge in [0.25, 0.3) is 0 Å². The maximum absolute atomic E-state index is 13.8. The smallest absolute Gasteiger partial charge is 0.241 e. The van der Waals surface area contributed by atoms with Crippen LogP contribution in [0.15, 0.2) is 84.9 Å². The van der Waals surface area contributed by atoms with E-state index >= 15 is 0 Å². The highest BCUT2D eigenvalue weighted by atomic mass is 16.2. The summed E-state index contributed by atoms with van der Waals surface area (Å²) in [6.07, 6.45) is 2.65. The minimum Gasteiger partial charge on any atom is -0.306 e. The van der Waals surface area contributed by atoms with Gasteiger partial charge in [0, 0.05) is 12.6 Å². The molecule has 5 rings (SSSR count). The molecule has 0 saturated heterocycles. The van der Waals surface area contributed by atoms with Crippen LogP contribution in [0.4, 0.5) is 11.4 Å². The molecule has 2 amide bonds. The van der Waals surface area contributed by atoms with Gasteiger partial charge in [-0.1, -0.05) is 79.2 Å². The first-order valence-corrected chi connectivity index (χ1v) is 12.1. The number of hydrogen-bond acceptors (Lipinski definition) is 3. The zero-order chi connectivity index (χ0) is 23.5. The van der Waals surface area contributed by atoms with Crippen molar-refractivity contribution < 1.29 is 9.59 Å². The second kappa shape index (κ2) is 9.82. The highest BCUT2D eigenvalue weighted by molar-refractivity contribution is 6.07. The fourth-order valence-electron chi connectivity index (χ4n) is 5.44. The zero-order valence-corrected chi connectivity index (χ0v) is 19.6. The first-order valence-electron chi connectivity index (χ1n) is 12.1. The van der Waals surface area contributed by atoms with Crippen molar-refractivity contribution in [1.29, 1.82) is 0 Å². The number of nitrogens with zero attached hydrogens (tertiary/aromatic N) is 3. The third-order valence-corrected chi connectivity index (χ3v) is 6.98. The predicted molar refractivity (Wildman–Crippen MR) is 135 cm³/mol. The number of carbonyl (C=O) groups is 2. The Kier molecular flexibility index (Phi) is 6.45. The van der Waals surface area contributed by atoms with E-state index in [4.69, 9.17) is 0 Å². The summed E-state index contributed by atoms with van der Waals surface area (Å²) in [6, 6.07) is 28.1. The van der Waals surface area contributed by atoms with Crippen molar-refractivity contribution >= 4 is 23.2 Å². The van der Waals surface area contributed by atoms with Crippen LogP contribution < -0.4 is 9.80 Å². The van der Waals surface area contributed by atoms with Crippen molar-refractivity contribution in [2.24, 2.45) is 5.92 Å². The van der Waals surface area contributed by atoms with Crippen molar-refractivity contribution in [2.45, 2.75) is 38.4 Å². The van der Waals surface area contributed by atoms with E-state index in [1.807, 2.05) is 89.6 Å². The van der Waals surface area contributed by atoms with E-state index in [-0.39, 0.29) is 23.8 Å². The van der Waals surface area contributed by atoms with Crippen molar-refractivity contribution in [3.63, 3.8) is 0 Å². The normalized spacial score (nSPS) is 19.6. The van der Waals surface area contributed by atoms with Crippen LogP contribution in [0.1, 0.15) is 30.4 Å². The summed E-state index contributed by atoms with van der Waals surface area (Å²) in [5, 5.41) is 0. The molecule has 1 aliphatic carbocycles. The van der Waals surface area contributed by atoms with E-state index in [0.29, 0.717) is 19.6 Å². The maximum Gasteiger partial charge on any atom is 0.241 e. The van der Waals surface area contributed by atoms with Gasteiger partial charge in [0.05, 0.1) is 30.4 Å². The van der Waals surface area contributed by atoms with E-state index < -0.39 is 0 Å². The second-order valence-corrected chi connectivity index (χ2v) is 9.43. The van der Waals surface area contributed by atoms with Crippen LogP contribution in [-0.4, -0.2) is 36.3 Å². The van der Waals surface area contributed by atoms with Crippen molar-refractivity contribution in [3.05, 3.63) is 96.1 Å². The SMILES string of the molecule is CN(CC(=O)N1c2ccccc2N(Cc2ccccc2)C(=O)[C@H]2CCC[C@H]21)Cc1ccccc1. The summed E-state index contributed by atoms with van der Waals surface area (Å²) in [5.41, 5.74) is 3.93. The second-order valence-electron chi connectivity index (χ2n) is 9.43. The standard InChI is InChI=1S/C29H31N3O2/c1-30(19-22-11-4-2-5-12-22)21-28(33)32-25-18-10-15-24(25)29(34)31(20-23-13-6-3-7-14-23)26-16-8-9-17-27(26)32/h2-9,11-14,16-17,24-25H,10,15,18-21H2,1H3/t24-,25+/m0/s1. The van der Waals surface area contributed by atoms with Crippen LogP contribution in [0.2, 0.25) is 0 Å². The molecule has 174 valence electrons. The van der Waals surface area contributed by atoms with Crippen LogP contribution in [0, 0.1) is 5.92 Å². The van der Waals surface area contributed by atoms with E-state index in [1.54, 1.807) is 0 Å². The number of rotatable bonds is 6. The summed E-state index contributed by atoms with van der Waals surface area (Å²) < 4.78 is 0. The quantitative estimate of drug-likeness (QED) is 0.535. The highest BCUT2D eigenvalue weighted by Crippen LogP contribution is 2.43. The molecule has 3 aromatic rings. The van der Waals surface area contributed by atoms with E-state index in [9.17, 15) is 9.59 Å². The fraction of sp³-hybridized carbons (Fsp3) is 0.310. The molecule has 1 fully saturated rings. The number of amides is 2. The Labute approximate surface area is 201 Å². The van der Waals surface area contributed by atoms with Gasteiger partial charge in [-0.05, 0) is 43.1 Å². The Balaban J connectivity index is 1.46. The molecule has 0 spiro atoms. The predicted octanol–water partition coefficient (Wildman–Crippen LogP) is 4.87.